The Kier molecular flexibility index (Phi) is 4.72. The van der Waals surface area contributed by atoms with Gasteiger partial charge < -0.3 is 4.74 Å². The Morgan fingerprint density at radius 2 is 2.00 bits per heavy atom. The number of halogens is 2. The highest BCUT2D eigenvalue weighted by atomic mass is 32.1. The molecule has 0 N–H and O–H groups in total. The zero-order chi connectivity index (χ0) is 19.8. The molecule has 8 heteroatoms. The molecule has 3 aromatic heterocycles. The number of pyridine rings is 1. The van der Waals surface area contributed by atoms with Crippen molar-refractivity contribution in [1.29, 1.82) is 0 Å². The number of fused-ring (bicyclic) bond motifs is 1. The molecule has 0 unspecified atom stereocenters. The van der Waals surface area contributed by atoms with Gasteiger partial charge >= 0.3 is 0 Å². The zero-order valence-corrected chi connectivity index (χ0v) is 16.0. The normalized spacial score (nSPS) is 11.5. The summed E-state index contributed by atoms with van der Waals surface area (Å²) in [5.74, 6) is 0.395. The summed E-state index contributed by atoms with van der Waals surface area (Å²) in [6, 6.07) is 11.7. The van der Waals surface area contributed by atoms with E-state index in [-0.39, 0.29) is 17.0 Å². The smallest absolute Gasteiger partial charge is 0.272 e. The van der Waals surface area contributed by atoms with E-state index in [9.17, 15) is 13.6 Å². The molecule has 28 heavy (non-hydrogen) atoms. The van der Waals surface area contributed by atoms with E-state index in [4.69, 9.17) is 4.74 Å². The van der Waals surface area contributed by atoms with Gasteiger partial charge in [-0.3, -0.25) is 14.0 Å². The maximum absolute atomic E-state index is 12.6. The van der Waals surface area contributed by atoms with Gasteiger partial charge in [-0.2, -0.15) is 5.10 Å². The van der Waals surface area contributed by atoms with Gasteiger partial charge in [0.15, 0.2) is 0 Å². The second-order valence-corrected chi connectivity index (χ2v) is 7.57. The van der Waals surface area contributed by atoms with Crippen molar-refractivity contribution in [3.63, 3.8) is 0 Å². The molecule has 0 aliphatic carbocycles. The first kappa shape index (κ1) is 18.4. The van der Waals surface area contributed by atoms with Crippen LogP contribution in [-0.4, -0.2) is 14.3 Å². The van der Waals surface area contributed by atoms with Crippen LogP contribution in [-0.2, 0) is 13.7 Å². The van der Waals surface area contributed by atoms with E-state index >= 15 is 0 Å². The molecular weight excluding hydrogens is 384 g/mol. The highest BCUT2D eigenvalue weighted by Gasteiger charge is 2.11. The maximum atomic E-state index is 12.6. The van der Waals surface area contributed by atoms with Gasteiger partial charge in [0.2, 0.25) is 0 Å². The van der Waals surface area contributed by atoms with Crippen molar-refractivity contribution in [2.45, 2.75) is 20.0 Å². The van der Waals surface area contributed by atoms with Crippen molar-refractivity contribution in [2.75, 3.05) is 0 Å². The van der Waals surface area contributed by atoms with Crippen LogP contribution in [0.2, 0.25) is 0 Å². The Hall–Kier alpha value is -3.00. The van der Waals surface area contributed by atoms with Crippen LogP contribution in [0.25, 0.3) is 16.6 Å². The molecule has 0 aliphatic heterocycles. The van der Waals surface area contributed by atoms with Crippen molar-refractivity contribution >= 4 is 22.2 Å². The van der Waals surface area contributed by atoms with Crippen LogP contribution >= 0.6 is 11.3 Å². The fourth-order valence-corrected chi connectivity index (χ4v) is 3.75. The lowest BCUT2D eigenvalue weighted by Gasteiger charge is -2.08. The van der Waals surface area contributed by atoms with Crippen molar-refractivity contribution in [2.24, 2.45) is 7.05 Å². The third-order valence-corrected chi connectivity index (χ3v) is 5.63. The summed E-state index contributed by atoms with van der Waals surface area (Å²) in [7, 11) is 1.88. The van der Waals surface area contributed by atoms with Gasteiger partial charge in [-0.15, -0.1) is 11.3 Å². The molecule has 4 rings (SSSR count). The standard InChI is InChI=1S/C20H17F2N3O2S/c1-12-16-9-13(3-5-17(16)23-24(12)2)25-8-7-14(10-19(25)26)27-11-15-4-6-18(28-15)20(21)22/h3-10,20H,11H2,1-2H3. The average molecular weight is 401 g/mol. The Balaban J connectivity index is 1.56. The third-order valence-electron chi connectivity index (χ3n) is 4.56. The van der Waals surface area contributed by atoms with E-state index in [1.54, 1.807) is 23.0 Å². The largest absolute Gasteiger partial charge is 0.488 e. The third kappa shape index (κ3) is 3.43. The molecule has 144 valence electrons. The van der Waals surface area contributed by atoms with Gasteiger partial charge in [0, 0.05) is 41.0 Å². The van der Waals surface area contributed by atoms with Crippen molar-refractivity contribution in [1.82, 2.24) is 14.3 Å². The van der Waals surface area contributed by atoms with Crippen LogP contribution in [0.4, 0.5) is 8.78 Å². The first-order valence-electron chi connectivity index (χ1n) is 8.58. The summed E-state index contributed by atoms with van der Waals surface area (Å²) in [4.78, 5) is 13.2. The Labute approximate surface area is 163 Å². The van der Waals surface area contributed by atoms with Gasteiger partial charge in [0.05, 0.1) is 10.4 Å². The van der Waals surface area contributed by atoms with E-state index in [0.717, 1.165) is 33.6 Å². The molecule has 0 aliphatic rings. The van der Waals surface area contributed by atoms with Gasteiger partial charge in [0.25, 0.3) is 12.0 Å². The van der Waals surface area contributed by atoms with Gasteiger partial charge in [-0.25, -0.2) is 8.78 Å². The van der Waals surface area contributed by atoms with Crippen molar-refractivity contribution in [3.05, 3.63) is 74.5 Å². The van der Waals surface area contributed by atoms with Crippen LogP contribution in [0, 0.1) is 6.92 Å². The number of hydrogen-bond acceptors (Lipinski definition) is 4. The molecule has 0 saturated heterocycles. The van der Waals surface area contributed by atoms with Crippen LogP contribution in [0.5, 0.6) is 5.75 Å². The predicted octanol–water partition coefficient (Wildman–Crippen LogP) is 4.61. The molecule has 3 heterocycles. The van der Waals surface area contributed by atoms with Gasteiger partial charge in [-0.05, 0) is 43.3 Å². The Bertz CT molecular complexity index is 1210. The SMILES string of the molecule is Cc1c2cc(-n3ccc(OCc4ccc(C(F)F)s4)cc3=O)ccc2nn1C. The number of ether oxygens (including phenoxy) is 1. The lowest BCUT2D eigenvalue weighted by Crippen LogP contribution is -2.16. The number of hydrogen-bond donors (Lipinski definition) is 0. The number of thiophene rings is 1. The summed E-state index contributed by atoms with van der Waals surface area (Å²) in [6.45, 7) is 2.12. The molecule has 0 spiro atoms. The molecule has 0 amide bonds. The Morgan fingerprint density at radius 1 is 1.18 bits per heavy atom. The van der Waals surface area contributed by atoms with E-state index in [1.165, 1.54) is 16.7 Å². The zero-order valence-electron chi connectivity index (χ0n) is 15.2. The molecule has 0 radical (unpaired) electrons. The number of alkyl halides is 2. The van der Waals surface area contributed by atoms with Crippen LogP contribution < -0.4 is 10.3 Å². The molecule has 0 fully saturated rings. The summed E-state index contributed by atoms with van der Waals surface area (Å²) < 4.78 is 34.2. The lowest BCUT2D eigenvalue weighted by molar-refractivity contribution is 0.155. The quantitative estimate of drug-likeness (QED) is 0.491. The number of benzene rings is 1. The molecular formula is C20H17F2N3O2S. The molecule has 0 saturated carbocycles. The monoisotopic (exact) mass is 401 g/mol. The fourth-order valence-electron chi connectivity index (χ4n) is 2.97. The molecule has 0 atom stereocenters. The molecule has 5 nitrogen and oxygen atoms in total. The second kappa shape index (κ2) is 7.20. The van der Waals surface area contributed by atoms with E-state index in [1.807, 2.05) is 32.2 Å². The highest BCUT2D eigenvalue weighted by molar-refractivity contribution is 7.12. The van der Waals surface area contributed by atoms with Crippen LogP contribution in [0.1, 0.15) is 21.9 Å². The lowest BCUT2D eigenvalue weighted by atomic mass is 10.2. The van der Waals surface area contributed by atoms with Gasteiger partial charge in [0.1, 0.15) is 12.4 Å². The fraction of sp³-hybridized carbons (Fsp3) is 0.200. The molecule has 1 aromatic carbocycles. The second-order valence-electron chi connectivity index (χ2n) is 6.37. The minimum absolute atomic E-state index is 0.00936. The van der Waals surface area contributed by atoms with Crippen LogP contribution in [0.3, 0.4) is 0 Å². The summed E-state index contributed by atoms with van der Waals surface area (Å²) in [5, 5.41) is 5.40. The minimum atomic E-state index is -2.48. The maximum Gasteiger partial charge on any atom is 0.272 e. The summed E-state index contributed by atoms with van der Waals surface area (Å²) >= 11 is 1.00. The van der Waals surface area contributed by atoms with Gasteiger partial charge in [-0.1, -0.05) is 0 Å². The topological polar surface area (TPSA) is 49.1 Å². The van der Waals surface area contributed by atoms with Crippen molar-refractivity contribution < 1.29 is 13.5 Å². The predicted molar refractivity (Wildman–Crippen MR) is 105 cm³/mol. The summed E-state index contributed by atoms with van der Waals surface area (Å²) in [5.41, 5.74) is 2.39. The first-order chi connectivity index (χ1) is 13.4. The van der Waals surface area contributed by atoms with E-state index in [2.05, 4.69) is 5.10 Å². The van der Waals surface area contributed by atoms with Crippen molar-refractivity contribution in [3.8, 4) is 11.4 Å². The Morgan fingerprint density at radius 3 is 2.71 bits per heavy atom. The minimum Gasteiger partial charge on any atom is -0.488 e. The molecule has 0 bridgehead atoms. The number of nitrogens with zero attached hydrogens (tertiary/aromatic N) is 3. The number of aryl methyl sites for hydroxylation is 2. The van der Waals surface area contributed by atoms with Crippen LogP contribution in [0.15, 0.2) is 53.5 Å². The van der Waals surface area contributed by atoms with E-state index in [0.29, 0.717) is 10.6 Å². The first-order valence-corrected chi connectivity index (χ1v) is 9.40. The highest BCUT2D eigenvalue weighted by Crippen LogP contribution is 2.27. The molecule has 4 aromatic rings. The van der Waals surface area contributed by atoms with E-state index < -0.39 is 6.43 Å². The summed E-state index contributed by atoms with van der Waals surface area (Å²) in [6.07, 6.45) is -0.840. The number of aromatic nitrogens is 3. The number of rotatable bonds is 5. The average Bonchev–Trinajstić information content (AvgIpc) is 3.25.